The van der Waals surface area contributed by atoms with E-state index in [1.165, 1.54) is 6.07 Å². The molecule has 0 aromatic heterocycles. The Bertz CT molecular complexity index is 603. The van der Waals surface area contributed by atoms with Crippen molar-refractivity contribution < 1.29 is 14.3 Å². The molecule has 2 aliphatic heterocycles. The fourth-order valence-electron chi connectivity index (χ4n) is 2.40. The van der Waals surface area contributed by atoms with Crippen LogP contribution >= 0.6 is 0 Å². The second kappa shape index (κ2) is 4.65. The smallest absolute Gasteiger partial charge is 0.228 e. The van der Waals surface area contributed by atoms with Crippen molar-refractivity contribution in [2.75, 3.05) is 11.9 Å². The number of nitrogens with one attached hydrogen (secondary N) is 2. The SMILES string of the molecule is O=C1Cc2c(ccc(F)c2C#C[C@@H]2C[C@@H](O)CN2)N1. The number of benzene rings is 1. The lowest BCUT2D eigenvalue weighted by molar-refractivity contribution is -0.115. The number of rotatable bonds is 0. The predicted molar refractivity (Wildman–Crippen MR) is 68.0 cm³/mol. The predicted octanol–water partition coefficient (Wildman–Crippen LogP) is 0.395. The average molecular weight is 260 g/mol. The van der Waals surface area contributed by atoms with Crippen LogP contribution in [0.3, 0.4) is 0 Å². The minimum absolute atomic E-state index is 0.129. The van der Waals surface area contributed by atoms with Crippen LogP contribution in [0.4, 0.5) is 10.1 Å². The summed E-state index contributed by atoms with van der Waals surface area (Å²) in [7, 11) is 0. The van der Waals surface area contributed by atoms with Crippen molar-refractivity contribution in [2.45, 2.75) is 25.0 Å². The van der Waals surface area contributed by atoms with Crippen molar-refractivity contribution >= 4 is 11.6 Å². The van der Waals surface area contributed by atoms with Crippen LogP contribution in [0.15, 0.2) is 12.1 Å². The molecule has 5 heteroatoms. The lowest BCUT2D eigenvalue weighted by atomic mass is 10.0. The Labute approximate surface area is 110 Å². The molecule has 0 radical (unpaired) electrons. The lowest BCUT2D eigenvalue weighted by Gasteiger charge is -2.03. The molecule has 0 aliphatic carbocycles. The molecule has 1 aromatic carbocycles. The Balaban J connectivity index is 1.92. The van der Waals surface area contributed by atoms with Gasteiger partial charge >= 0.3 is 0 Å². The second-order valence-electron chi connectivity index (χ2n) is 4.79. The molecule has 1 amide bonds. The highest BCUT2D eigenvalue weighted by atomic mass is 19.1. The summed E-state index contributed by atoms with van der Waals surface area (Å²) >= 11 is 0. The first-order valence-electron chi connectivity index (χ1n) is 6.17. The zero-order valence-corrected chi connectivity index (χ0v) is 10.2. The number of aliphatic hydroxyl groups excluding tert-OH is 1. The van der Waals surface area contributed by atoms with Crippen molar-refractivity contribution in [3.05, 3.63) is 29.1 Å². The quantitative estimate of drug-likeness (QED) is 0.592. The largest absolute Gasteiger partial charge is 0.392 e. The summed E-state index contributed by atoms with van der Waals surface area (Å²) in [6, 6.07) is 2.74. The first kappa shape index (κ1) is 12.2. The van der Waals surface area contributed by atoms with Crippen LogP contribution in [-0.4, -0.2) is 29.7 Å². The van der Waals surface area contributed by atoms with Gasteiger partial charge in [-0.2, -0.15) is 0 Å². The molecular formula is C14H13FN2O2. The molecule has 0 bridgehead atoms. The minimum atomic E-state index is -0.415. The molecule has 19 heavy (non-hydrogen) atoms. The molecule has 0 saturated carbocycles. The summed E-state index contributed by atoms with van der Waals surface area (Å²) in [5.41, 5.74) is 1.53. The fourth-order valence-corrected chi connectivity index (χ4v) is 2.40. The van der Waals surface area contributed by atoms with E-state index >= 15 is 0 Å². The Morgan fingerprint density at radius 3 is 3.00 bits per heavy atom. The van der Waals surface area contributed by atoms with E-state index in [-0.39, 0.29) is 23.9 Å². The van der Waals surface area contributed by atoms with Gasteiger partial charge in [-0.3, -0.25) is 4.79 Å². The van der Waals surface area contributed by atoms with E-state index in [1.807, 2.05) is 0 Å². The van der Waals surface area contributed by atoms with Gasteiger partial charge in [-0.05, 0) is 12.1 Å². The summed E-state index contributed by atoms with van der Waals surface area (Å²) in [6.45, 7) is 0.509. The van der Waals surface area contributed by atoms with Gasteiger partial charge in [-0.25, -0.2) is 4.39 Å². The summed E-state index contributed by atoms with van der Waals surface area (Å²) in [4.78, 5) is 11.3. The van der Waals surface area contributed by atoms with Crippen LogP contribution in [-0.2, 0) is 11.2 Å². The van der Waals surface area contributed by atoms with Crippen LogP contribution in [0.25, 0.3) is 0 Å². The van der Waals surface area contributed by atoms with Crippen LogP contribution < -0.4 is 10.6 Å². The van der Waals surface area contributed by atoms with Crippen molar-refractivity contribution in [3.8, 4) is 11.8 Å². The maximum Gasteiger partial charge on any atom is 0.228 e. The Morgan fingerprint density at radius 2 is 2.26 bits per heavy atom. The molecule has 0 unspecified atom stereocenters. The van der Waals surface area contributed by atoms with Crippen LogP contribution in [0.1, 0.15) is 17.5 Å². The summed E-state index contributed by atoms with van der Waals surface area (Å²) in [5, 5.41) is 15.1. The van der Waals surface area contributed by atoms with Gasteiger partial charge in [0.25, 0.3) is 0 Å². The molecule has 2 aliphatic rings. The van der Waals surface area contributed by atoms with Gasteiger partial charge in [0.1, 0.15) is 5.82 Å². The number of carbonyl (C=O) groups is 1. The van der Waals surface area contributed by atoms with Crippen molar-refractivity contribution in [1.29, 1.82) is 0 Å². The van der Waals surface area contributed by atoms with E-state index in [9.17, 15) is 14.3 Å². The molecule has 3 N–H and O–H groups in total. The van der Waals surface area contributed by atoms with Gasteiger partial charge < -0.3 is 15.7 Å². The fraction of sp³-hybridized carbons (Fsp3) is 0.357. The van der Waals surface area contributed by atoms with Crippen molar-refractivity contribution in [2.24, 2.45) is 0 Å². The Kier molecular flexibility index (Phi) is 2.97. The molecule has 3 rings (SSSR count). The topological polar surface area (TPSA) is 61.4 Å². The number of halogens is 1. The highest BCUT2D eigenvalue weighted by Crippen LogP contribution is 2.27. The number of β-amino-alcohol motifs (C(OH)–C–C–N with tert-alkyl or cyclic N) is 1. The Hall–Kier alpha value is -1.90. The summed E-state index contributed by atoms with van der Waals surface area (Å²) < 4.78 is 13.8. The van der Waals surface area contributed by atoms with E-state index < -0.39 is 11.9 Å². The van der Waals surface area contributed by atoms with Gasteiger partial charge in [0.05, 0.1) is 24.1 Å². The third-order valence-corrected chi connectivity index (χ3v) is 3.35. The van der Waals surface area contributed by atoms with E-state index in [4.69, 9.17) is 0 Å². The monoisotopic (exact) mass is 260 g/mol. The highest BCUT2D eigenvalue weighted by Gasteiger charge is 2.23. The lowest BCUT2D eigenvalue weighted by Crippen LogP contribution is -2.19. The molecule has 1 aromatic rings. The summed E-state index contributed by atoms with van der Waals surface area (Å²) in [6.07, 6.45) is 0.312. The number of hydrogen-bond acceptors (Lipinski definition) is 3. The van der Waals surface area contributed by atoms with Gasteiger partial charge in [0.2, 0.25) is 5.91 Å². The first-order valence-corrected chi connectivity index (χ1v) is 6.17. The third-order valence-electron chi connectivity index (χ3n) is 3.35. The van der Waals surface area contributed by atoms with Gasteiger partial charge in [-0.1, -0.05) is 11.8 Å². The Morgan fingerprint density at radius 1 is 1.42 bits per heavy atom. The highest BCUT2D eigenvalue weighted by molar-refractivity contribution is 6.00. The number of anilines is 1. The summed E-state index contributed by atoms with van der Waals surface area (Å²) in [5.74, 6) is 5.16. The van der Waals surface area contributed by atoms with Crippen LogP contribution in [0, 0.1) is 17.7 Å². The van der Waals surface area contributed by atoms with Crippen LogP contribution in [0.5, 0.6) is 0 Å². The van der Waals surface area contributed by atoms with Gasteiger partial charge in [0.15, 0.2) is 0 Å². The van der Waals surface area contributed by atoms with E-state index in [0.29, 0.717) is 24.2 Å². The molecule has 0 spiro atoms. The number of hydrogen-bond donors (Lipinski definition) is 3. The normalized spacial score (nSPS) is 24.6. The number of carbonyl (C=O) groups excluding carboxylic acids is 1. The van der Waals surface area contributed by atoms with Crippen molar-refractivity contribution in [1.82, 2.24) is 5.32 Å². The number of fused-ring (bicyclic) bond motifs is 1. The maximum atomic E-state index is 13.8. The second-order valence-corrected chi connectivity index (χ2v) is 4.79. The molecule has 1 fully saturated rings. The van der Waals surface area contributed by atoms with E-state index in [2.05, 4.69) is 22.5 Å². The molecule has 4 nitrogen and oxygen atoms in total. The van der Waals surface area contributed by atoms with Gasteiger partial charge in [0, 0.05) is 24.2 Å². The van der Waals surface area contributed by atoms with Crippen molar-refractivity contribution in [3.63, 3.8) is 0 Å². The average Bonchev–Trinajstić information content (AvgIpc) is 2.93. The zero-order chi connectivity index (χ0) is 13.4. The zero-order valence-electron chi connectivity index (χ0n) is 10.2. The van der Waals surface area contributed by atoms with E-state index in [0.717, 1.165) is 0 Å². The third kappa shape index (κ3) is 2.33. The molecule has 2 atom stereocenters. The molecule has 1 saturated heterocycles. The van der Waals surface area contributed by atoms with Gasteiger partial charge in [-0.15, -0.1) is 0 Å². The number of aliphatic hydroxyl groups is 1. The van der Waals surface area contributed by atoms with Crippen LogP contribution in [0.2, 0.25) is 0 Å². The minimum Gasteiger partial charge on any atom is -0.392 e. The maximum absolute atomic E-state index is 13.8. The molecular weight excluding hydrogens is 247 g/mol. The molecule has 2 heterocycles. The number of amides is 1. The molecule has 98 valence electrons. The standard InChI is InChI=1S/C14H13FN2O2/c15-12-3-4-13-11(6-14(19)17-13)10(12)2-1-8-5-9(18)7-16-8/h3-4,8-9,16,18H,5-7H2,(H,17,19)/t8-,9-/m1/s1. The van der Waals surface area contributed by atoms with E-state index in [1.54, 1.807) is 6.07 Å². The first-order chi connectivity index (χ1) is 9.13.